The van der Waals surface area contributed by atoms with Crippen LogP contribution in [0.4, 0.5) is 0 Å². The monoisotopic (exact) mass is 230 g/mol. The van der Waals surface area contributed by atoms with E-state index in [9.17, 15) is 0 Å². The van der Waals surface area contributed by atoms with Crippen molar-refractivity contribution in [1.29, 1.82) is 0 Å². The van der Waals surface area contributed by atoms with Crippen LogP contribution in [0.25, 0.3) is 11.0 Å². The molecule has 3 rings (SSSR count). The Morgan fingerprint density at radius 3 is 3.12 bits per heavy atom. The lowest BCUT2D eigenvalue weighted by Crippen LogP contribution is -2.34. The van der Waals surface area contributed by atoms with Crippen LogP contribution >= 0.6 is 0 Å². The number of rotatable bonds is 1. The fraction of sp³-hybridized carbons (Fsp3) is 0.538. The van der Waals surface area contributed by atoms with Gasteiger partial charge in [-0.05, 0) is 31.4 Å². The number of aromatic nitrogens is 3. The van der Waals surface area contributed by atoms with Crippen LogP contribution in [0.3, 0.4) is 0 Å². The zero-order chi connectivity index (χ0) is 11.8. The first-order chi connectivity index (χ1) is 8.27. The number of aryl methyl sites for hydroxylation is 1. The summed E-state index contributed by atoms with van der Waals surface area (Å²) in [6.45, 7) is 3.39. The van der Waals surface area contributed by atoms with Gasteiger partial charge in [0.25, 0.3) is 0 Å². The van der Waals surface area contributed by atoms with Crippen molar-refractivity contribution in [3.05, 3.63) is 24.3 Å². The molecule has 0 spiro atoms. The lowest BCUT2D eigenvalue weighted by Gasteiger charge is -2.29. The number of pyridine rings is 1. The van der Waals surface area contributed by atoms with Gasteiger partial charge < -0.3 is 9.88 Å². The zero-order valence-electron chi connectivity index (χ0n) is 10.3. The molecule has 2 aromatic heterocycles. The second kappa shape index (κ2) is 4.11. The molecule has 0 saturated carbocycles. The second-order valence-corrected chi connectivity index (χ2v) is 4.94. The Bertz CT molecular complexity index is 531. The standard InChI is InChI=1S/C13H18N4/c1-9-4-3-6-15-12(9)13-16-10-5-7-14-8-11(10)17(13)2/h5,7-9,12,15H,3-4,6H2,1-2H3. The second-order valence-electron chi connectivity index (χ2n) is 4.94. The van der Waals surface area contributed by atoms with Gasteiger partial charge in [0.05, 0.1) is 23.3 Å². The van der Waals surface area contributed by atoms with Crippen molar-refractivity contribution < 1.29 is 0 Å². The Morgan fingerprint density at radius 2 is 2.35 bits per heavy atom. The number of piperidine rings is 1. The van der Waals surface area contributed by atoms with Gasteiger partial charge in [-0.3, -0.25) is 4.98 Å². The maximum Gasteiger partial charge on any atom is 0.127 e. The highest BCUT2D eigenvalue weighted by Crippen LogP contribution is 2.29. The summed E-state index contributed by atoms with van der Waals surface area (Å²) in [5.74, 6) is 1.78. The molecule has 1 aliphatic heterocycles. The molecule has 0 aromatic carbocycles. The average Bonchev–Trinajstić information content (AvgIpc) is 2.68. The first-order valence-corrected chi connectivity index (χ1v) is 6.27. The van der Waals surface area contributed by atoms with Crippen LogP contribution in [0.2, 0.25) is 0 Å². The minimum Gasteiger partial charge on any atom is -0.329 e. The molecular formula is C13H18N4. The quantitative estimate of drug-likeness (QED) is 0.815. The van der Waals surface area contributed by atoms with Gasteiger partial charge >= 0.3 is 0 Å². The van der Waals surface area contributed by atoms with E-state index in [1.165, 1.54) is 12.8 Å². The number of hydrogen-bond acceptors (Lipinski definition) is 3. The van der Waals surface area contributed by atoms with Crippen molar-refractivity contribution in [2.75, 3.05) is 6.54 Å². The minimum atomic E-state index is 0.376. The summed E-state index contributed by atoms with van der Waals surface area (Å²) >= 11 is 0. The van der Waals surface area contributed by atoms with E-state index in [0.29, 0.717) is 12.0 Å². The lowest BCUT2D eigenvalue weighted by molar-refractivity contribution is 0.291. The summed E-state index contributed by atoms with van der Waals surface area (Å²) < 4.78 is 2.17. The molecule has 0 radical (unpaired) electrons. The van der Waals surface area contributed by atoms with Gasteiger partial charge in [0, 0.05) is 13.2 Å². The molecule has 1 N–H and O–H groups in total. The van der Waals surface area contributed by atoms with Gasteiger partial charge in [-0.25, -0.2) is 4.98 Å². The van der Waals surface area contributed by atoms with Crippen LogP contribution in [0.1, 0.15) is 31.6 Å². The molecule has 2 atom stereocenters. The lowest BCUT2D eigenvalue weighted by atomic mass is 9.92. The van der Waals surface area contributed by atoms with Gasteiger partial charge in [0.2, 0.25) is 0 Å². The highest BCUT2D eigenvalue weighted by atomic mass is 15.1. The molecule has 0 amide bonds. The Hall–Kier alpha value is -1.42. The largest absolute Gasteiger partial charge is 0.329 e. The van der Waals surface area contributed by atoms with Crippen LogP contribution in [-0.4, -0.2) is 21.1 Å². The highest BCUT2D eigenvalue weighted by molar-refractivity contribution is 5.74. The number of nitrogens with one attached hydrogen (secondary N) is 1. The van der Waals surface area contributed by atoms with Crippen LogP contribution in [-0.2, 0) is 7.05 Å². The van der Waals surface area contributed by atoms with Crippen molar-refractivity contribution in [3.8, 4) is 0 Å². The molecule has 17 heavy (non-hydrogen) atoms. The van der Waals surface area contributed by atoms with Crippen molar-refractivity contribution >= 4 is 11.0 Å². The van der Waals surface area contributed by atoms with Gasteiger partial charge in [0.1, 0.15) is 5.82 Å². The molecule has 2 aromatic rings. The minimum absolute atomic E-state index is 0.376. The van der Waals surface area contributed by atoms with E-state index in [1.807, 2.05) is 12.3 Å². The van der Waals surface area contributed by atoms with Gasteiger partial charge in [-0.1, -0.05) is 6.92 Å². The molecule has 0 bridgehead atoms. The Morgan fingerprint density at radius 1 is 1.47 bits per heavy atom. The molecular weight excluding hydrogens is 212 g/mol. The third-order valence-corrected chi connectivity index (χ3v) is 3.77. The Balaban J connectivity index is 2.07. The van der Waals surface area contributed by atoms with Gasteiger partial charge in [-0.15, -0.1) is 0 Å². The van der Waals surface area contributed by atoms with E-state index in [0.717, 1.165) is 23.4 Å². The summed E-state index contributed by atoms with van der Waals surface area (Å²) in [4.78, 5) is 8.92. The average molecular weight is 230 g/mol. The molecule has 90 valence electrons. The molecule has 4 nitrogen and oxygen atoms in total. The summed E-state index contributed by atoms with van der Waals surface area (Å²) in [6, 6.07) is 2.35. The highest BCUT2D eigenvalue weighted by Gasteiger charge is 2.26. The third-order valence-electron chi connectivity index (χ3n) is 3.77. The number of imidazole rings is 1. The third kappa shape index (κ3) is 1.72. The summed E-state index contributed by atoms with van der Waals surface area (Å²) in [5.41, 5.74) is 2.15. The maximum absolute atomic E-state index is 4.75. The first-order valence-electron chi connectivity index (χ1n) is 6.27. The topological polar surface area (TPSA) is 42.7 Å². The Kier molecular flexibility index (Phi) is 2.59. The molecule has 2 unspecified atom stereocenters. The van der Waals surface area contributed by atoms with Crippen molar-refractivity contribution in [1.82, 2.24) is 19.9 Å². The zero-order valence-corrected chi connectivity index (χ0v) is 10.3. The Labute approximate surface area is 101 Å². The number of fused-ring (bicyclic) bond motifs is 1. The van der Waals surface area contributed by atoms with E-state index >= 15 is 0 Å². The summed E-state index contributed by atoms with van der Waals surface area (Å²) in [5, 5.41) is 3.58. The van der Waals surface area contributed by atoms with E-state index in [4.69, 9.17) is 4.98 Å². The molecule has 4 heteroatoms. The maximum atomic E-state index is 4.75. The molecule has 1 saturated heterocycles. The van der Waals surface area contributed by atoms with Crippen LogP contribution in [0.5, 0.6) is 0 Å². The molecule has 1 fully saturated rings. The van der Waals surface area contributed by atoms with Crippen molar-refractivity contribution in [3.63, 3.8) is 0 Å². The molecule has 3 heterocycles. The van der Waals surface area contributed by atoms with Crippen LogP contribution < -0.4 is 5.32 Å². The summed E-state index contributed by atoms with van der Waals surface area (Å²) in [6.07, 6.45) is 6.23. The number of nitrogens with zero attached hydrogens (tertiary/aromatic N) is 3. The van der Waals surface area contributed by atoms with Crippen LogP contribution in [0, 0.1) is 5.92 Å². The van der Waals surface area contributed by atoms with E-state index in [-0.39, 0.29) is 0 Å². The molecule has 1 aliphatic rings. The van der Waals surface area contributed by atoms with E-state index in [2.05, 4.69) is 28.8 Å². The summed E-state index contributed by atoms with van der Waals surface area (Å²) in [7, 11) is 2.08. The first kappa shape index (κ1) is 10.7. The predicted molar refractivity (Wildman–Crippen MR) is 67.7 cm³/mol. The van der Waals surface area contributed by atoms with Gasteiger partial charge in [0.15, 0.2) is 0 Å². The van der Waals surface area contributed by atoms with E-state index < -0.39 is 0 Å². The number of hydrogen-bond donors (Lipinski definition) is 1. The van der Waals surface area contributed by atoms with Gasteiger partial charge in [-0.2, -0.15) is 0 Å². The van der Waals surface area contributed by atoms with Crippen molar-refractivity contribution in [2.45, 2.75) is 25.8 Å². The van der Waals surface area contributed by atoms with Crippen LogP contribution in [0.15, 0.2) is 18.5 Å². The fourth-order valence-corrected chi connectivity index (χ4v) is 2.73. The fourth-order valence-electron chi connectivity index (χ4n) is 2.73. The van der Waals surface area contributed by atoms with E-state index in [1.54, 1.807) is 6.20 Å². The SMILES string of the molecule is CC1CCCNC1c1nc2ccncc2n1C. The predicted octanol–water partition coefficient (Wildman–Crippen LogP) is 2.03. The molecule has 0 aliphatic carbocycles. The van der Waals surface area contributed by atoms with Crippen molar-refractivity contribution in [2.24, 2.45) is 13.0 Å². The smallest absolute Gasteiger partial charge is 0.127 e. The normalized spacial score (nSPS) is 25.3.